The van der Waals surface area contributed by atoms with Crippen molar-refractivity contribution in [3.05, 3.63) is 11.6 Å². The molecule has 0 fully saturated rings. The quantitative estimate of drug-likeness (QED) is 0.510. The van der Waals surface area contributed by atoms with E-state index in [1.165, 1.54) is 18.4 Å². The number of esters is 1. The predicted octanol–water partition coefficient (Wildman–Crippen LogP) is 3.31. The van der Waals surface area contributed by atoms with Gasteiger partial charge < -0.3 is 9.64 Å². The van der Waals surface area contributed by atoms with Crippen LogP contribution in [0.3, 0.4) is 0 Å². The second-order valence-electron chi connectivity index (χ2n) is 5.89. The van der Waals surface area contributed by atoms with Crippen molar-refractivity contribution in [3.8, 4) is 0 Å². The highest BCUT2D eigenvalue weighted by atomic mass is 16.5. The van der Waals surface area contributed by atoms with Gasteiger partial charge >= 0.3 is 5.97 Å². The third-order valence-corrected chi connectivity index (χ3v) is 3.78. The fourth-order valence-corrected chi connectivity index (χ4v) is 2.57. The molecule has 1 aliphatic rings. The molecule has 0 aromatic rings. The molecular weight excluding hydrogens is 266 g/mol. The molecule has 0 heterocycles. The fourth-order valence-electron chi connectivity index (χ4n) is 2.57. The number of carbonyl (C=O) groups is 2. The molecule has 1 aliphatic carbocycles. The molecule has 0 atom stereocenters. The van der Waals surface area contributed by atoms with E-state index < -0.39 is 0 Å². The number of allylic oxidation sites excluding steroid dienone is 1. The minimum Gasteiger partial charge on any atom is -0.466 e. The van der Waals surface area contributed by atoms with Gasteiger partial charge in [-0.25, -0.2) is 0 Å². The molecule has 1 amide bonds. The molecule has 0 N–H and O–H groups in total. The molecule has 0 aliphatic heterocycles. The Bertz CT molecular complexity index is 374. The van der Waals surface area contributed by atoms with Crippen LogP contribution < -0.4 is 0 Å². The topological polar surface area (TPSA) is 46.6 Å². The number of amides is 1. The lowest BCUT2D eigenvalue weighted by molar-refractivity contribution is -0.144. The van der Waals surface area contributed by atoms with Crippen LogP contribution >= 0.6 is 0 Å². The van der Waals surface area contributed by atoms with Crippen LogP contribution in [0.15, 0.2) is 11.6 Å². The van der Waals surface area contributed by atoms with E-state index in [0.29, 0.717) is 19.7 Å². The molecular formula is C17H29NO3. The minimum absolute atomic E-state index is 0.0347. The van der Waals surface area contributed by atoms with Crippen molar-refractivity contribution in [2.24, 2.45) is 5.92 Å². The standard InChI is InChI=1S/C17H29NO3/c1-4-21-16(19)11-13-18(17(20)14(2)3)12-10-15-8-6-5-7-9-15/h8,14H,4-7,9-13H2,1-3H3. The number of nitrogens with zero attached hydrogens (tertiary/aromatic N) is 1. The first-order chi connectivity index (χ1) is 10.0. The number of rotatable bonds is 8. The van der Waals surface area contributed by atoms with E-state index in [4.69, 9.17) is 4.74 Å². The first-order valence-corrected chi connectivity index (χ1v) is 8.17. The van der Waals surface area contributed by atoms with Gasteiger partial charge in [0, 0.05) is 19.0 Å². The van der Waals surface area contributed by atoms with Crippen molar-refractivity contribution < 1.29 is 14.3 Å². The number of hydrogen-bond acceptors (Lipinski definition) is 3. The zero-order valence-corrected chi connectivity index (χ0v) is 13.7. The lowest BCUT2D eigenvalue weighted by Crippen LogP contribution is -2.37. The maximum atomic E-state index is 12.2. The van der Waals surface area contributed by atoms with Gasteiger partial charge in [0.1, 0.15) is 0 Å². The maximum Gasteiger partial charge on any atom is 0.307 e. The number of hydrogen-bond donors (Lipinski definition) is 0. The summed E-state index contributed by atoms with van der Waals surface area (Å²) in [5.74, 6) is -0.140. The molecule has 0 aromatic heterocycles. The van der Waals surface area contributed by atoms with E-state index in [1.54, 1.807) is 6.92 Å². The molecule has 0 spiro atoms. The zero-order valence-electron chi connectivity index (χ0n) is 13.7. The molecule has 4 heteroatoms. The van der Waals surface area contributed by atoms with Gasteiger partial charge in [-0.3, -0.25) is 9.59 Å². The van der Waals surface area contributed by atoms with Crippen LogP contribution in [0, 0.1) is 5.92 Å². The Morgan fingerprint density at radius 3 is 2.62 bits per heavy atom. The van der Waals surface area contributed by atoms with Crippen LogP contribution in [-0.4, -0.2) is 36.5 Å². The summed E-state index contributed by atoms with van der Waals surface area (Å²) in [4.78, 5) is 25.5. The van der Waals surface area contributed by atoms with Crippen molar-refractivity contribution in [2.75, 3.05) is 19.7 Å². The summed E-state index contributed by atoms with van der Waals surface area (Å²) >= 11 is 0. The van der Waals surface area contributed by atoms with E-state index in [2.05, 4.69) is 6.08 Å². The fraction of sp³-hybridized carbons (Fsp3) is 0.765. The van der Waals surface area contributed by atoms with E-state index in [1.807, 2.05) is 18.7 Å². The lowest BCUT2D eigenvalue weighted by Gasteiger charge is -2.25. The first kappa shape index (κ1) is 17.7. The summed E-state index contributed by atoms with van der Waals surface area (Å²) in [5, 5.41) is 0. The van der Waals surface area contributed by atoms with E-state index in [-0.39, 0.29) is 24.2 Å². The Morgan fingerprint density at radius 2 is 2.05 bits per heavy atom. The Balaban J connectivity index is 2.49. The van der Waals surface area contributed by atoms with Gasteiger partial charge in [-0.1, -0.05) is 25.5 Å². The summed E-state index contributed by atoms with van der Waals surface area (Å²) in [6.45, 7) is 7.17. The monoisotopic (exact) mass is 295 g/mol. The maximum absolute atomic E-state index is 12.2. The highest BCUT2D eigenvalue weighted by Gasteiger charge is 2.18. The zero-order chi connectivity index (χ0) is 15.7. The molecule has 0 radical (unpaired) electrons. The van der Waals surface area contributed by atoms with Gasteiger partial charge in [0.25, 0.3) is 0 Å². The van der Waals surface area contributed by atoms with Gasteiger partial charge in [0.15, 0.2) is 0 Å². The predicted molar refractivity (Wildman–Crippen MR) is 83.8 cm³/mol. The summed E-state index contributed by atoms with van der Waals surface area (Å²) in [6, 6.07) is 0. The molecule has 0 saturated carbocycles. The Kier molecular flexibility index (Phi) is 8.09. The van der Waals surface area contributed by atoms with Gasteiger partial charge in [0.2, 0.25) is 5.91 Å². The van der Waals surface area contributed by atoms with E-state index in [9.17, 15) is 9.59 Å². The smallest absolute Gasteiger partial charge is 0.307 e. The molecule has 120 valence electrons. The minimum atomic E-state index is -0.226. The van der Waals surface area contributed by atoms with Crippen LogP contribution in [0.5, 0.6) is 0 Å². The highest BCUT2D eigenvalue weighted by Crippen LogP contribution is 2.20. The van der Waals surface area contributed by atoms with Crippen molar-refractivity contribution in [1.29, 1.82) is 0 Å². The third kappa shape index (κ3) is 6.78. The molecule has 0 unspecified atom stereocenters. The Hall–Kier alpha value is -1.32. The molecule has 0 bridgehead atoms. The molecule has 0 aromatic carbocycles. The second-order valence-corrected chi connectivity index (χ2v) is 5.89. The van der Waals surface area contributed by atoms with Gasteiger partial charge in [-0.15, -0.1) is 0 Å². The Morgan fingerprint density at radius 1 is 1.29 bits per heavy atom. The van der Waals surface area contributed by atoms with Crippen molar-refractivity contribution in [1.82, 2.24) is 4.90 Å². The summed E-state index contributed by atoms with van der Waals surface area (Å²) in [6.07, 6.45) is 8.38. The Labute approximate surface area is 128 Å². The third-order valence-electron chi connectivity index (χ3n) is 3.78. The van der Waals surface area contributed by atoms with Gasteiger partial charge in [0.05, 0.1) is 13.0 Å². The van der Waals surface area contributed by atoms with Crippen molar-refractivity contribution >= 4 is 11.9 Å². The van der Waals surface area contributed by atoms with E-state index in [0.717, 1.165) is 19.3 Å². The van der Waals surface area contributed by atoms with Crippen molar-refractivity contribution in [3.63, 3.8) is 0 Å². The molecule has 4 nitrogen and oxygen atoms in total. The lowest BCUT2D eigenvalue weighted by atomic mass is 9.97. The van der Waals surface area contributed by atoms with Gasteiger partial charge in [-0.05, 0) is 39.0 Å². The second kappa shape index (κ2) is 9.59. The van der Waals surface area contributed by atoms with E-state index >= 15 is 0 Å². The van der Waals surface area contributed by atoms with Crippen molar-refractivity contribution in [2.45, 2.75) is 59.3 Å². The van der Waals surface area contributed by atoms with Crippen LogP contribution in [0.2, 0.25) is 0 Å². The molecule has 0 saturated heterocycles. The molecule has 1 rings (SSSR count). The van der Waals surface area contributed by atoms with Gasteiger partial charge in [-0.2, -0.15) is 0 Å². The summed E-state index contributed by atoms with van der Waals surface area (Å²) in [7, 11) is 0. The van der Waals surface area contributed by atoms with Crippen LogP contribution in [0.4, 0.5) is 0 Å². The largest absolute Gasteiger partial charge is 0.466 e. The van der Waals surface area contributed by atoms with Crippen LogP contribution in [0.1, 0.15) is 59.3 Å². The first-order valence-electron chi connectivity index (χ1n) is 8.17. The molecule has 21 heavy (non-hydrogen) atoms. The number of ether oxygens (including phenoxy) is 1. The summed E-state index contributed by atoms with van der Waals surface area (Å²) in [5.41, 5.74) is 1.46. The van der Waals surface area contributed by atoms with Crippen LogP contribution in [-0.2, 0) is 14.3 Å². The highest BCUT2D eigenvalue weighted by molar-refractivity contribution is 5.79. The number of carbonyl (C=O) groups excluding carboxylic acids is 2. The summed E-state index contributed by atoms with van der Waals surface area (Å²) < 4.78 is 4.94. The SMILES string of the molecule is CCOC(=O)CCN(CCC1=CCCCC1)C(=O)C(C)C. The normalized spacial score (nSPS) is 14.8. The average Bonchev–Trinajstić information content (AvgIpc) is 2.48. The van der Waals surface area contributed by atoms with Crippen LogP contribution in [0.25, 0.3) is 0 Å². The average molecular weight is 295 g/mol.